The number of hydrogen-bond donors (Lipinski definition) is 3. The van der Waals surface area contributed by atoms with Crippen molar-refractivity contribution >= 4 is 63.9 Å². The summed E-state index contributed by atoms with van der Waals surface area (Å²) in [6.45, 7) is 12.4. The van der Waals surface area contributed by atoms with Crippen molar-refractivity contribution in [1.82, 2.24) is 14.7 Å². The second-order valence-electron chi connectivity index (χ2n) is 17.6. The van der Waals surface area contributed by atoms with Gasteiger partial charge in [-0.2, -0.15) is 0 Å². The summed E-state index contributed by atoms with van der Waals surface area (Å²) >= 11 is 6.60. The van der Waals surface area contributed by atoms with Crippen molar-refractivity contribution in [2.75, 3.05) is 36.5 Å². The smallest absolute Gasteiger partial charge is 0.293 e. The van der Waals surface area contributed by atoms with Gasteiger partial charge in [-0.05, 0) is 102 Å². The molecule has 63 heavy (non-hydrogen) atoms. The molecule has 0 aliphatic carbocycles. The Kier molecular flexibility index (Phi) is 11.9. The van der Waals surface area contributed by atoms with E-state index in [1.54, 1.807) is 24.4 Å². The Morgan fingerprint density at radius 1 is 1.03 bits per heavy atom. The molecule has 6 aromatic rings. The number of aromatic amines is 1. The Morgan fingerprint density at radius 3 is 2.48 bits per heavy atom. The van der Waals surface area contributed by atoms with Crippen LogP contribution in [-0.2, 0) is 19.2 Å². The van der Waals surface area contributed by atoms with E-state index in [0.717, 1.165) is 52.7 Å². The number of benzene rings is 4. The number of sulfonamides is 1. The summed E-state index contributed by atoms with van der Waals surface area (Å²) in [6.07, 6.45) is 5.26. The van der Waals surface area contributed by atoms with E-state index >= 15 is 0 Å². The van der Waals surface area contributed by atoms with Crippen molar-refractivity contribution in [3.05, 3.63) is 136 Å². The number of anilines is 2. The molecule has 0 radical (unpaired) electrons. The van der Waals surface area contributed by atoms with Gasteiger partial charge in [0.2, 0.25) is 0 Å². The first kappa shape index (κ1) is 43.8. The monoisotopic (exact) mass is 908 g/mol. The van der Waals surface area contributed by atoms with Gasteiger partial charge in [0.15, 0.2) is 8.32 Å². The molecule has 2 fully saturated rings. The number of carbonyl (C=O) groups is 1. The van der Waals surface area contributed by atoms with E-state index < -0.39 is 45.4 Å². The fourth-order valence-electron chi connectivity index (χ4n) is 7.76. The highest BCUT2D eigenvalue weighted by Crippen LogP contribution is 2.42. The van der Waals surface area contributed by atoms with Gasteiger partial charge >= 0.3 is 0 Å². The van der Waals surface area contributed by atoms with Crippen LogP contribution in [-0.4, -0.2) is 69.4 Å². The number of halogens is 1. The molecule has 328 valence electrons. The normalized spacial score (nSPS) is 16.4. The van der Waals surface area contributed by atoms with Crippen LogP contribution < -0.4 is 19.7 Å². The van der Waals surface area contributed by atoms with E-state index in [1.165, 1.54) is 24.4 Å². The zero-order chi connectivity index (χ0) is 44.7. The Balaban J connectivity index is 1.04. The van der Waals surface area contributed by atoms with Crippen LogP contribution >= 0.6 is 11.6 Å². The first-order chi connectivity index (χ1) is 29.9. The van der Waals surface area contributed by atoms with Gasteiger partial charge in [0.05, 0.1) is 40.8 Å². The molecule has 1 atom stereocenters. The molecule has 8 rings (SSSR count). The summed E-state index contributed by atoms with van der Waals surface area (Å²) in [5.74, 6) is -0.616. The van der Waals surface area contributed by atoms with Crippen molar-refractivity contribution < 1.29 is 32.0 Å². The van der Waals surface area contributed by atoms with Crippen LogP contribution in [0, 0.1) is 10.1 Å². The minimum Gasteiger partial charge on any atom is -0.455 e. The van der Waals surface area contributed by atoms with Gasteiger partial charge in [0.25, 0.3) is 21.6 Å². The summed E-state index contributed by atoms with van der Waals surface area (Å²) in [4.78, 5) is 34.9. The first-order valence-corrected chi connectivity index (χ1v) is 25.4. The van der Waals surface area contributed by atoms with E-state index in [9.17, 15) is 23.3 Å². The number of amides is 1. The number of ether oxygens (including phenoxy) is 2. The minimum atomic E-state index is -4.63. The molecule has 14 nitrogen and oxygen atoms in total. The molecule has 0 saturated carbocycles. The Bertz CT molecular complexity index is 2810. The summed E-state index contributed by atoms with van der Waals surface area (Å²) in [6, 6.07) is 28.0. The van der Waals surface area contributed by atoms with Gasteiger partial charge < -0.3 is 29.1 Å². The van der Waals surface area contributed by atoms with Crippen LogP contribution in [0.2, 0.25) is 23.2 Å². The van der Waals surface area contributed by atoms with Gasteiger partial charge in [-0.3, -0.25) is 14.9 Å². The Labute approximate surface area is 372 Å². The molecular weight excluding hydrogens is 860 g/mol. The average molecular weight is 910 g/mol. The molecule has 1 unspecified atom stereocenters. The van der Waals surface area contributed by atoms with Crippen LogP contribution in [0.3, 0.4) is 0 Å². The molecule has 2 aliphatic heterocycles. The predicted molar refractivity (Wildman–Crippen MR) is 247 cm³/mol. The number of rotatable bonds is 14. The maximum Gasteiger partial charge on any atom is 0.293 e. The van der Waals surface area contributed by atoms with E-state index in [4.69, 9.17) is 25.5 Å². The molecule has 2 saturated heterocycles. The molecule has 0 bridgehead atoms. The molecule has 0 spiro atoms. The van der Waals surface area contributed by atoms with Gasteiger partial charge in [0, 0.05) is 41.4 Å². The van der Waals surface area contributed by atoms with Crippen molar-refractivity contribution in [2.24, 2.45) is 0 Å². The SMILES string of the molecule is CC(C)(C)[Si](C)(C)OC1(CNc2ccc(S(=O)(=O)NC(=O)c3ccc(-c4ccc(N5CCCC5c5ccccc5Cl)cc4)cc3Oc3cnc4[nH]ccc4c3)cc2[N+](=O)[O-])COC1. The molecular formula is C46H49ClN6O8SSi. The van der Waals surface area contributed by atoms with Crippen molar-refractivity contribution in [1.29, 1.82) is 0 Å². The van der Waals surface area contributed by atoms with Crippen molar-refractivity contribution in [3.63, 3.8) is 0 Å². The topological polar surface area (TPSA) is 178 Å². The number of aromatic nitrogens is 2. The number of nitrogens with one attached hydrogen (secondary N) is 3. The second-order valence-corrected chi connectivity index (χ2v) is 24.4. The highest BCUT2D eigenvalue weighted by atomic mass is 35.5. The fourth-order valence-corrected chi connectivity index (χ4v) is 10.6. The quantitative estimate of drug-likeness (QED) is 0.0538. The van der Waals surface area contributed by atoms with Crippen LogP contribution in [0.15, 0.2) is 114 Å². The van der Waals surface area contributed by atoms with Gasteiger partial charge in [-0.25, -0.2) is 18.1 Å². The van der Waals surface area contributed by atoms with Gasteiger partial charge in [-0.1, -0.05) is 68.8 Å². The number of fused-ring (bicyclic) bond motifs is 1. The molecule has 17 heteroatoms. The second kappa shape index (κ2) is 17.1. The fraction of sp³-hybridized carbons (Fsp3) is 0.304. The largest absolute Gasteiger partial charge is 0.455 e. The van der Waals surface area contributed by atoms with Gasteiger partial charge in [0.1, 0.15) is 28.4 Å². The number of H-pyrrole nitrogens is 1. The minimum absolute atomic E-state index is 0.0682. The summed E-state index contributed by atoms with van der Waals surface area (Å²) in [7, 11) is -6.86. The van der Waals surface area contributed by atoms with Gasteiger partial charge in [-0.15, -0.1) is 0 Å². The number of nitro benzene ring substituents is 1. The highest BCUT2D eigenvalue weighted by Gasteiger charge is 2.49. The van der Waals surface area contributed by atoms with Crippen LogP contribution in [0.4, 0.5) is 17.1 Å². The number of nitro groups is 1. The zero-order valence-corrected chi connectivity index (χ0v) is 38.2. The van der Waals surface area contributed by atoms with E-state index in [1.807, 2.05) is 48.5 Å². The maximum atomic E-state index is 14.0. The maximum absolute atomic E-state index is 14.0. The lowest BCUT2D eigenvalue weighted by Gasteiger charge is -2.49. The van der Waals surface area contributed by atoms with Crippen LogP contribution in [0.5, 0.6) is 11.5 Å². The number of pyridine rings is 1. The third kappa shape index (κ3) is 9.17. The van der Waals surface area contributed by atoms with Crippen LogP contribution in [0.25, 0.3) is 22.2 Å². The molecule has 4 heterocycles. The lowest BCUT2D eigenvalue weighted by molar-refractivity contribution is -0.384. The van der Waals surface area contributed by atoms with Crippen molar-refractivity contribution in [2.45, 2.75) is 68.3 Å². The Hall–Kier alpha value is -5.78. The van der Waals surface area contributed by atoms with Crippen molar-refractivity contribution in [3.8, 4) is 22.6 Å². The highest BCUT2D eigenvalue weighted by molar-refractivity contribution is 7.90. The third-order valence-corrected chi connectivity index (χ3v) is 18.4. The van der Waals surface area contributed by atoms with E-state index in [2.05, 4.69) is 64.8 Å². The molecule has 4 aromatic carbocycles. The summed E-state index contributed by atoms with van der Waals surface area (Å²) < 4.78 is 48.2. The molecule has 1 amide bonds. The third-order valence-electron chi connectivity index (χ3n) is 12.2. The zero-order valence-electron chi connectivity index (χ0n) is 35.6. The van der Waals surface area contributed by atoms with E-state index in [0.29, 0.717) is 30.2 Å². The molecule has 2 aromatic heterocycles. The summed E-state index contributed by atoms with van der Waals surface area (Å²) in [5.41, 5.74) is 3.16. The predicted octanol–water partition coefficient (Wildman–Crippen LogP) is 10.2. The number of hydrogen-bond acceptors (Lipinski definition) is 11. The number of nitrogens with zero attached hydrogens (tertiary/aromatic N) is 3. The average Bonchev–Trinajstić information content (AvgIpc) is 3.91. The summed E-state index contributed by atoms with van der Waals surface area (Å²) in [5, 5.41) is 16.9. The number of carbonyl (C=O) groups excluding carboxylic acids is 1. The molecule has 3 N–H and O–H groups in total. The first-order valence-electron chi connectivity index (χ1n) is 20.7. The Morgan fingerprint density at radius 2 is 1.78 bits per heavy atom. The lowest BCUT2D eigenvalue weighted by Crippen LogP contribution is -2.62. The van der Waals surface area contributed by atoms with E-state index in [-0.39, 0.29) is 34.6 Å². The van der Waals surface area contributed by atoms with Crippen LogP contribution in [0.1, 0.15) is 55.6 Å². The molecule has 2 aliphatic rings. The standard InChI is InChI=1S/C46H49ClN6O8SSi/c1-45(2,3)63(4,5)61-46(28-59-29-46)27-50-39-19-17-35(25-41(39)53(55)56)62(57,58)51-44(54)37-18-14-31(24-42(37)60-34-23-32-20-21-48-43(32)49-26-34)30-12-15-33(16-13-30)52-22-8-11-40(52)36-9-6-7-10-38(36)47/h6-7,9-10,12-21,23-26,40,50H,8,11,22,27-29H2,1-5H3,(H,48,49)(H,51,54). The lowest BCUT2D eigenvalue weighted by atomic mass is 10.0.